The van der Waals surface area contributed by atoms with Crippen molar-refractivity contribution in [2.45, 2.75) is 32.0 Å². The van der Waals surface area contributed by atoms with E-state index in [1.54, 1.807) is 16.8 Å². The summed E-state index contributed by atoms with van der Waals surface area (Å²) in [6.07, 6.45) is 2.39. The number of piperidine rings is 1. The highest BCUT2D eigenvalue weighted by Crippen LogP contribution is 2.31. The summed E-state index contributed by atoms with van der Waals surface area (Å²) in [5.74, 6) is -0.913. The number of benzene rings is 1. The molecule has 1 aromatic carbocycles. The van der Waals surface area contributed by atoms with Crippen LogP contribution in [-0.2, 0) is 22.7 Å². The normalized spacial score (nSPS) is 19.7. The van der Waals surface area contributed by atoms with Crippen LogP contribution in [0.15, 0.2) is 24.4 Å². The maximum atomic E-state index is 12.8. The second-order valence-electron chi connectivity index (χ2n) is 6.39. The Morgan fingerprint density at radius 1 is 1.31 bits per heavy atom. The number of carbonyl (C=O) groups is 3. The van der Waals surface area contributed by atoms with E-state index in [0.717, 1.165) is 16.9 Å². The minimum absolute atomic E-state index is 0.202. The number of hydrogen-bond acceptors (Lipinski definition) is 6. The minimum atomic E-state index is -0.629. The molecule has 4 rings (SSSR count). The number of imide groups is 1. The first-order valence-corrected chi connectivity index (χ1v) is 8.41. The van der Waals surface area contributed by atoms with Crippen molar-refractivity contribution in [1.82, 2.24) is 30.5 Å². The summed E-state index contributed by atoms with van der Waals surface area (Å²) in [6, 6.07) is 4.78. The van der Waals surface area contributed by atoms with Gasteiger partial charge in [0.05, 0.1) is 17.6 Å². The van der Waals surface area contributed by atoms with Gasteiger partial charge in [-0.3, -0.25) is 19.7 Å². The van der Waals surface area contributed by atoms with Crippen molar-refractivity contribution in [3.05, 3.63) is 41.2 Å². The number of hydrogen-bond donors (Lipinski definition) is 2. The van der Waals surface area contributed by atoms with Gasteiger partial charge in [0.1, 0.15) is 6.04 Å². The van der Waals surface area contributed by atoms with Crippen LogP contribution in [0.5, 0.6) is 0 Å². The Kier molecular flexibility index (Phi) is 4.00. The summed E-state index contributed by atoms with van der Waals surface area (Å²) in [4.78, 5) is 37.9. The first-order chi connectivity index (χ1) is 12.6. The van der Waals surface area contributed by atoms with Gasteiger partial charge in [0.2, 0.25) is 11.8 Å². The molecule has 0 saturated carbocycles. The Morgan fingerprint density at radius 2 is 2.15 bits per heavy atom. The Balaban J connectivity index is 1.66. The van der Waals surface area contributed by atoms with Crippen molar-refractivity contribution < 1.29 is 14.4 Å². The van der Waals surface area contributed by atoms with Crippen molar-refractivity contribution in [1.29, 1.82) is 0 Å². The van der Waals surface area contributed by atoms with Gasteiger partial charge in [-0.1, -0.05) is 11.3 Å². The van der Waals surface area contributed by atoms with Gasteiger partial charge in [0.25, 0.3) is 5.91 Å². The molecule has 134 valence electrons. The molecule has 2 aliphatic rings. The molecule has 1 aromatic heterocycles. The molecule has 2 N–H and O–H groups in total. The summed E-state index contributed by atoms with van der Waals surface area (Å²) >= 11 is 0. The summed E-state index contributed by atoms with van der Waals surface area (Å²) in [6.45, 7) is 0.897. The van der Waals surface area contributed by atoms with Gasteiger partial charge in [-0.2, -0.15) is 0 Å². The molecular weight excluding hydrogens is 336 g/mol. The van der Waals surface area contributed by atoms with Crippen molar-refractivity contribution >= 4 is 17.7 Å². The molecule has 2 aromatic rings. The molecule has 26 heavy (non-hydrogen) atoms. The van der Waals surface area contributed by atoms with E-state index < -0.39 is 11.9 Å². The lowest BCUT2D eigenvalue weighted by molar-refractivity contribution is -0.136. The molecule has 1 saturated heterocycles. The first-order valence-electron chi connectivity index (χ1n) is 8.41. The molecule has 0 bridgehead atoms. The molecule has 0 aliphatic carbocycles. The number of rotatable bonds is 4. The molecule has 2 aliphatic heterocycles. The van der Waals surface area contributed by atoms with Crippen LogP contribution in [-0.4, -0.2) is 50.7 Å². The summed E-state index contributed by atoms with van der Waals surface area (Å²) < 4.78 is 1.65. The van der Waals surface area contributed by atoms with E-state index in [-0.39, 0.29) is 18.2 Å². The van der Waals surface area contributed by atoms with E-state index >= 15 is 0 Å². The van der Waals surface area contributed by atoms with Gasteiger partial charge in [-0.25, -0.2) is 4.68 Å². The van der Waals surface area contributed by atoms with Crippen LogP contribution in [0.3, 0.4) is 0 Å². The van der Waals surface area contributed by atoms with Crippen molar-refractivity contribution in [3.8, 4) is 5.69 Å². The van der Waals surface area contributed by atoms with Crippen molar-refractivity contribution in [2.24, 2.45) is 0 Å². The highest BCUT2D eigenvalue weighted by molar-refractivity contribution is 6.05. The first kappa shape index (κ1) is 16.4. The van der Waals surface area contributed by atoms with Crippen LogP contribution in [0.2, 0.25) is 0 Å². The topological polar surface area (TPSA) is 109 Å². The molecule has 3 heterocycles. The average Bonchev–Trinajstić information content (AvgIpc) is 3.21. The largest absolute Gasteiger partial charge is 0.322 e. The standard InChI is InChI=1S/C17H18N6O3/c1-18-7-10-8-23(21-20-10)13-4-2-3-11-12(13)9-22(17(11)26)14-5-6-15(24)19-16(14)25/h2-4,8,14,18H,5-7,9H2,1H3,(H,19,24,25). The number of nitrogens with zero attached hydrogens (tertiary/aromatic N) is 4. The van der Waals surface area contributed by atoms with Gasteiger partial charge < -0.3 is 10.2 Å². The second kappa shape index (κ2) is 6.34. The zero-order chi connectivity index (χ0) is 18.3. The molecule has 0 radical (unpaired) electrons. The summed E-state index contributed by atoms with van der Waals surface area (Å²) in [5.41, 5.74) is 2.91. The fourth-order valence-electron chi connectivity index (χ4n) is 3.46. The number of fused-ring (bicyclic) bond motifs is 1. The quantitative estimate of drug-likeness (QED) is 0.733. The van der Waals surface area contributed by atoms with Crippen LogP contribution < -0.4 is 10.6 Å². The highest BCUT2D eigenvalue weighted by Gasteiger charge is 2.40. The monoisotopic (exact) mass is 354 g/mol. The lowest BCUT2D eigenvalue weighted by Crippen LogP contribution is -2.52. The van der Waals surface area contributed by atoms with Gasteiger partial charge in [0, 0.05) is 30.6 Å². The van der Waals surface area contributed by atoms with E-state index in [2.05, 4.69) is 20.9 Å². The predicted octanol–water partition coefficient (Wildman–Crippen LogP) is -0.252. The SMILES string of the molecule is CNCc1cn(-c2cccc3c2CN(C2CCC(=O)NC2=O)C3=O)nn1. The molecule has 9 nitrogen and oxygen atoms in total. The molecule has 0 spiro atoms. The molecule has 1 atom stereocenters. The maximum absolute atomic E-state index is 12.8. The van der Waals surface area contributed by atoms with E-state index in [1.165, 1.54) is 4.90 Å². The Bertz CT molecular complexity index is 906. The Morgan fingerprint density at radius 3 is 2.92 bits per heavy atom. The molecule has 3 amide bonds. The fourth-order valence-corrected chi connectivity index (χ4v) is 3.46. The number of amides is 3. The van der Waals surface area contributed by atoms with Crippen LogP contribution in [0.4, 0.5) is 0 Å². The van der Waals surface area contributed by atoms with E-state index in [9.17, 15) is 14.4 Å². The highest BCUT2D eigenvalue weighted by atomic mass is 16.2. The Hall–Kier alpha value is -3.07. The van der Waals surface area contributed by atoms with Crippen LogP contribution in [0.25, 0.3) is 5.69 Å². The Labute approximate surface area is 149 Å². The second-order valence-corrected chi connectivity index (χ2v) is 6.39. The van der Waals surface area contributed by atoms with Crippen molar-refractivity contribution in [2.75, 3.05) is 7.05 Å². The van der Waals surface area contributed by atoms with Gasteiger partial charge in [-0.15, -0.1) is 5.10 Å². The third kappa shape index (κ3) is 2.66. The predicted molar refractivity (Wildman–Crippen MR) is 90.2 cm³/mol. The lowest BCUT2D eigenvalue weighted by Gasteiger charge is -2.29. The average molecular weight is 354 g/mol. The van der Waals surface area contributed by atoms with Crippen LogP contribution in [0, 0.1) is 0 Å². The summed E-state index contributed by atoms with van der Waals surface area (Å²) in [5, 5.41) is 13.6. The molecular formula is C17H18N6O3. The van der Waals surface area contributed by atoms with Gasteiger partial charge in [0.15, 0.2) is 0 Å². The van der Waals surface area contributed by atoms with Gasteiger partial charge in [-0.05, 0) is 25.6 Å². The van der Waals surface area contributed by atoms with Crippen LogP contribution in [0.1, 0.15) is 34.5 Å². The van der Waals surface area contributed by atoms with Crippen LogP contribution >= 0.6 is 0 Å². The number of carbonyl (C=O) groups excluding carboxylic acids is 3. The zero-order valence-corrected chi connectivity index (χ0v) is 14.2. The third-order valence-corrected chi connectivity index (χ3v) is 4.70. The molecule has 1 unspecified atom stereocenters. The number of nitrogens with one attached hydrogen (secondary N) is 2. The fraction of sp³-hybridized carbons (Fsp3) is 0.353. The molecule has 1 fully saturated rings. The number of aromatic nitrogens is 3. The lowest BCUT2D eigenvalue weighted by atomic mass is 10.0. The minimum Gasteiger partial charge on any atom is -0.322 e. The zero-order valence-electron chi connectivity index (χ0n) is 14.2. The molecule has 9 heteroatoms. The third-order valence-electron chi connectivity index (χ3n) is 4.70. The van der Waals surface area contributed by atoms with E-state index in [0.29, 0.717) is 25.1 Å². The van der Waals surface area contributed by atoms with Gasteiger partial charge >= 0.3 is 0 Å². The van der Waals surface area contributed by atoms with E-state index in [1.807, 2.05) is 19.3 Å². The van der Waals surface area contributed by atoms with Crippen molar-refractivity contribution in [3.63, 3.8) is 0 Å². The smallest absolute Gasteiger partial charge is 0.255 e. The van der Waals surface area contributed by atoms with E-state index in [4.69, 9.17) is 0 Å². The maximum Gasteiger partial charge on any atom is 0.255 e. The summed E-state index contributed by atoms with van der Waals surface area (Å²) in [7, 11) is 1.83.